The molecule has 0 amide bonds. The Bertz CT molecular complexity index is 115. The molecule has 0 saturated heterocycles. The second-order valence-corrected chi connectivity index (χ2v) is 1.56. The molecule has 7 heteroatoms. The van der Waals surface area contributed by atoms with Gasteiger partial charge in [0, 0.05) is 43.2 Å². The van der Waals surface area contributed by atoms with Gasteiger partial charge in [-0.2, -0.15) is 0 Å². The summed E-state index contributed by atoms with van der Waals surface area (Å²) < 4.78 is 0. The van der Waals surface area contributed by atoms with Gasteiger partial charge in [0.1, 0.15) is 0 Å². The number of hydrogen-bond donors (Lipinski definition) is 3. The van der Waals surface area contributed by atoms with Gasteiger partial charge in [0.2, 0.25) is 0 Å². The molecule has 0 aromatic rings. The van der Waals surface area contributed by atoms with Crippen molar-refractivity contribution in [3.05, 3.63) is 0 Å². The van der Waals surface area contributed by atoms with Crippen LogP contribution in [0.15, 0.2) is 0 Å². The quantitative estimate of drug-likeness (QED) is 0.546. The van der Waals surface area contributed by atoms with Crippen molar-refractivity contribution in [1.29, 1.82) is 0 Å². The normalized spacial score (nSPS) is 5.77. The van der Waals surface area contributed by atoms with Crippen LogP contribution >= 0.6 is 0 Å². The summed E-state index contributed by atoms with van der Waals surface area (Å²) in [5, 5.41) is 22.2. The Morgan fingerprint density at radius 3 is 0.692 bits per heavy atom. The van der Waals surface area contributed by atoms with Gasteiger partial charge in [-0.15, -0.1) is 0 Å². The van der Waals surface area contributed by atoms with Crippen LogP contribution in [0.4, 0.5) is 0 Å². The number of rotatable bonds is 0. The van der Waals surface area contributed by atoms with Crippen molar-refractivity contribution in [2.75, 3.05) is 0 Å². The van der Waals surface area contributed by atoms with Gasteiger partial charge in [-0.3, -0.25) is 14.4 Å². The van der Waals surface area contributed by atoms with E-state index in [0.29, 0.717) is 0 Å². The second-order valence-electron chi connectivity index (χ2n) is 1.56. The summed E-state index contributed by atoms with van der Waals surface area (Å²) in [6.45, 7) is 3.25. The van der Waals surface area contributed by atoms with Gasteiger partial charge >= 0.3 is 0 Å². The van der Waals surface area contributed by atoms with E-state index in [1.165, 1.54) is 0 Å². The molecule has 0 aliphatic heterocycles. The summed E-state index contributed by atoms with van der Waals surface area (Å²) in [5.41, 5.74) is 0. The number of carboxylic acid groups (broad SMARTS) is 3. The fraction of sp³-hybridized carbons (Fsp3) is 0.500. The van der Waals surface area contributed by atoms with Gasteiger partial charge in [-0.05, 0) is 0 Å². The first-order valence-electron chi connectivity index (χ1n) is 2.78. The molecular formula is C6H12NbO6. The van der Waals surface area contributed by atoms with Crippen LogP contribution in [0.2, 0.25) is 0 Å². The molecule has 0 atom stereocenters. The number of aliphatic carboxylic acids is 3. The average molecular weight is 273 g/mol. The van der Waals surface area contributed by atoms with Crippen LogP contribution < -0.4 is 0 Å². The summed E-state index contributed by atoms with van der Waals surface area (Å²) in [4.78, 5) is 27.0. The molecule has 0 rings (SSSR count). The molecule has 0 heterocycles. The zero-order valence-corrected chi connectivity index (χ0v) is 9.71. The van der Waals surface area contributed by atoms with Crippen LogP contribution in [0.1, 0.15) is 20.8 Å². The average Bonchev–Trinajstić information content (AvgIpc) is 1.54. The molecule has 6 nitrogen and oxygen atoms in total. The number of carbonyl (C=O) groups is 3. The SMILES string of the molecule is CC(=O)O.CC(=O)O.CC(=O)O.[Nb]. The van der Waals surface area contributed by atoms with Gasteiger partial charge in [0.05, 0.1) is 0 Å². The largest absolute Gasteiger partial charge is 0.481 e. The molecule has 3 N–H and O–H groups in total. The molecule has 0 aliphatic carbocycles. The molecule has 77 valence electrons. The smallest absolute Gasteiger partial charge is 0.300 e. The van der Waals surface area contributed by atoms with Crippen molar-refractivity contribution in [2.45, 2.75) is 20.8 Å². The minimum absolute atomic E-state index is 0. The van der Waals surface area contributed by atoms with Gasteiger partial charge in [0.15, 0.2) is 0 Å². The van der Waals surface area contributed by atoms with Crippen LogP contribution in [0.3, 0.4) is 0 Å². The van der Waals surface area contributed by atoms with E-state index in [1.807, 2.05) is 0 Å². The van der Waals surface area contributed by atoms with Crippen molar-refractivity contribution >= 4 is 17.9 Å². The van der Waals surface area contributed by atoms with Crippen molar-refractivity contribution in [2.24, 2.45) is 0 Å². The fourth-order valence-electron chi connectivity index (χ4n) is 0. The van der Waals surface area contributed by atoms with E-state index < -0.39 is 17.9 Å². The molecular weight excluding hydrogens is 261 g/mol. The standard InChI is InChI=1S/3C2H4O2.Nb/c3*1-2(3)4;/h3*1H3,(H,3,4);. The summed E-state index contributed by atoms with van der Waals surface area (Å²) in [6.07, 6.45) is 0. The monoisotopic (exact) mass is 273 g/mol. The van der Waals surface area contributed by atoms with E-state index in [0.717, 1.165) is 20.8 Å². The Morgan fingerprint density at radius 1 is 0.692 bits per heavy atom. The summed E-state index contributed by atoms with van der Waals surface area (Å²) in [5.74, 6) is -2.50. The molecule has 0 aliphatic rings. The van der Waals surface area contributed by atoms with Crippen molar-refractivity contribution in [3.8, 4) is 0 Å². The minimum Gasteiger partial charge on any atom is -0.481 e. The topological polar surface area (TPSA) is 112 Å². The zero-order chi connectivity index (χ0) is 10.7. The molecule has 0 aromatic heterocycles. The van der Waals surface area contributed by atoms with E-state index >= 15 is 0 Å². The van der Waals surface area contributed by atoms with E-state index in [4.69, 9.17) is 29.7 Å². The number of hydrogen-bond acceptors (Lipinski definition) is 3. The van der Waals surface area contributed by atoms with Gasteiger partial charge in [-0.25, -0.2) is 0 Å². The predicted octanol–water partition coefficient (Wildman–Crippen LogP) is 0.270. The Labute approximate surface area is 91.1 Å². The molecule has 0 unspecified atom stereocenters. The molecule has 0 bridgehead atoms. The van der Waals surface area contributed by atoms with E-state index in [1.54, 1.807) is 0 Å². The predicted molar refractivity (Wildman–Crippen MR) is 39.9 cm³/mol. The Morgan fingerprint density at radius 2 is 0.692 bits per heavy atom. The molecule has 0 spiro atoms. The van der Waals surface area contributed by atoms with Crippen LogP contribution in [-0.2, 0) is 36.8 Å². The van der Waals surface area contributed by atoms with E-state index in [2.05, 4.69) is 0 Å². The van der Waals surface area contributed by atoms with Crippen LogP contribution in [0, 0.1) is 0 Å². The maximum atomic E-state index is 9.00. The Balaban J connectivity index is -0.0000000450. The molecule has 0 aromatic carbocycles. The zero-order valence-electron chi connectivity index (χ0n) is 7.51. The Kier molecular flexibility index (Phi) is 30.3. The molecule has 0 fully saturated rings. The first-order chi connectivity index (χ1) is 5.20. The van der Waals surface area contributed by atoms with Gasteiger partial charge < -0.3 is 15.3 Å². The molecule has 1 radical (unpaired) electrons. The third-order valence-electron chi connectivity index (χ3n) is 0. The van der Waals surface area contributed by atoms with Gasteiger partial charge in [-0.1, -0.05) is 0 Å². The first kappa shape index (κ1) is 22.7. The second kappa shape index (κ2) is 17.3. The van der Waals surface area contributed by atoms with Crippen molar-refractivity contribution < 1.29 is 52.1 Å². The number of carboxylic acids is 3. The van der Waals surface area contributed by atoms with Gasteiger partial charge in [0.25, 0.3) is 17.9 Å². The first-order valence-corrected chi connectivity index (χ1v) is 2.78. The minimum atomic E-state index is -0.833. The molecule has 0 saturated carbocycles. The third-order valence-corrected chi connectivity index (χ3v) is 0. The summed E-state index contributed by atoms with van der Waals surface area (Å²) >= 11 is 0. The van der Waals surface area contributed by atoms with E-state index in [-0.39, 0.29) is 22.4 Å². The molecule has 13 heavy (non-hydrogen) atoms. The maximum Gasteiger partial charge on any atom is 0.300 e. The van der Waals surface area contributed by atoms with Crippen molar-refractivity contribution in [1.82, 2.24) is 0 Å². The summed E-state index contributed by atoms with van der Waals surface area (Å²) in [6, 6.07) is 0. The summed E-state index contributed by atoms with van der Waals surface area (Å²) in [7, 11) is 0. The van der Waals surface area contributed by atoms with E-state index in [9.17, 15) is 0 Å². The van der Waals surface area contributed by atoms with Crippen LogP contribution in [-0.4, -0.2) is 33.2 Å². The fourth-order valence-corrected chi connectivity index (χ4v) is 0. The maximum absolute atomic E-state index is 9.00. The Hall–Kier alpha value is -0.850. The van der Waals surface area contributed by atoms with Crippen molar-refractivity contribution in [3.63, 3.8) is 0 Å². The third kappa shape index (κ3) is 1290. The van der Waals surface area contributed by atoms with Crippen LogP contribution in [0.5, 0.6) is 0 Å². The van der Waals surface area contributed by atoms with Crippen LogP contribution in [0.25, 0.3) is 0 Å².